The molecule has 0 radical (unpaired) electrons. The van der Waals surface area contributed by atoms with Crippen molar-refractivity contribution < 1.29 is 34.4 Å². The first-order valence-corrected chi connectivity index (χ1v) is 15.0. The second kappa shape index (κ2) is 9.11. The van der Waals surface area contributed by atoms with Crippen LogP contribution >= 0.6 is 0 Å². The fraction of sp³-hybridized carbons (Fsp3) is 0.875. The Morgan fingerprint density at radius 3 is 2.41 bits per heavy atom. The van der Waals surface area contributed by atoms with Crippen molar-refractivity contribution in [1.82, 2.24) is 0 Å². The van der Waals surface area contributed by atoms with Crippen LogP contribution in [0.2, 0.25) is 0 Å². The number of ether oxygens (including phenoxy) is 2. The first-order valence-electron chi connectivity index (χ1n) is 15.0. The van der Waals surface area contributed by atoms with Crippen molar-refractivity contribution in [3.63, 3.8) is 0 Å². The lowest BCUT2D eigenvalue weighted by atomic mass is 9.37. The number of carbonyl (C=O) groups excluding carboxylic acids is 2. The first-order chi connectivity index (χ1) is 17.9. The molecule has 1 aliphatic heterocycles. The van der Waals surface area contributed by atoms with Crippen LogP contribution in [-0.4, -0.2) is 57.3 Å². The van der Waals surface area contributed by atoms with E-state index in [9.17, 15) is 24.9 Å². The van der Waals surface area contributed by atoms with E-state index in [-0.39, 0.29) is 52.0 Å². The maximum atomic E-state index is 13.1. The molecule has 7 heteroatoms. The van der Waals surface area contributed by atoms with Crippen LogP contribution in [0.1, 0.15) is 100 Å². The average molecular weight is 547 g/mol. The van der Waals surface area contributed by atoms with Gasteiger partial charge in [0.2, 0.25) is 0 Å². The largest absolute Gasteiger partial charge is 0.462 e. The summed E-state index contributed by atoms with van der Waals surface area (Å²) in [5.74, 6) is 0.393. The fourth-order valence-corrected chi connectivity index (χ4v) is 10.5. The summed E-state index contributed by atoms with van der Waals surface area (Å²) in [7, 11) is 0. The first kappa shape index (κ1) is 29.2. The highest BCUT2D eigenvalue weighted by atomic mass is 16.6. The molecule has 4 aliphatic carbocycles. The monoisotopic (exact) mass is 546 g/mol. The quantitative estimate of drug-likeness (QED) is 0.350. The number of aliphatic hydroxyl groups is 3. The number of fused-ring (bicyclic) bond motifs is 5. The molecule has 1 saturated heterocycles. The molecule has 0 amide bonds. The van der Waals surface area contributed by atoms with E-state index in [4.69, 9.17) is 9.47 Å². The zero-order valence-corrected chi connectivity index (χ0v) is 25.1. The molecular weight excluding hydrogens is 496 g/mol. The van der Waals surface area contributed by atoms with E-state index in [0.29, 0.717) is 25.0 Å². The summed E-state index contributed by atoms with van der Waals surface area (Å²) in [6, 6.07) is 0. The molecule has 0 bridgehead atoms. The Morgan fingerprint density at radius 1 is 1.13 bits per heavy atom. The van der Waals surface area contributed by atoms with E-state index in [1.165, 1.54) is 12.5 Å². The highest BCUT2D eigenvalue weighted by molar-refractivity contribution is 5.85. The van der Waals surface area contributed by atoms with Gasteiger partial charge in [-0.15, -0.1) is 0 Å². The van der Waals surface area contributed by atoms with E-state index >= 15 is 0 Å². The zero-order chi connectivity index (χ0) is 28.9. The number of hydrogen-bond acceptors (Lipinski definition) is 7. The molecule has 0 aromatic rings. The smallest absolute Gasteiger partial charge is 0.302 e. The summed E-state index contributed by atoms with van der Waals surface area (Å²) in [6.07, 6.45) is 4.65. The number of aliphatic hydroxyl groups excluding tert-OH is 2. The van der Waals surface area contributed by atoms with E-state index in [1.807, 2.05) is 0 Å². The van der Waals surface area contributed by atoms with Gasteiger partial charge in [-0.1, -0.05) is 46.3 Å². The van der Waals surface area contributed by atoms with Crippen LogP contribution in [0.4, 0.5) is 0 Å². The maximum absolute atomic E-state index is 13.1. The lowest BCUT2D eigenvalue weighted by Crippen LogP contribution is -2.65. The van der Waals surface area contributed by atoms with Gasteiger partial charge in [0.1, 0.15) is 18.0 Å². The SMILES string of the molecule is CC(=O)O[C@@H]1C[C@H]2C(C)(C)C(=O)CC[C@]2(C)[C@H]2CC[C@]3(C)C(=CC[C@H]3[C@@H]3C[C@H]([C@H](O)C(C)(C)O)O[C@@H]3O)[C@@]21C. The lowest BCUT2D eigenvalue weighted by molar-refractivity contribution is -0.206. The molecule has 0 spiro atoms. The third-order valence-corrected chi connectivity index (χ3v) is 12.5. The third kappa shape index (κ3) is 4.11. The van der Waals surface area contributed by atoms with Crippen LogP contribution in [0.5, 0.6) is 0 Å². The van der Waals surface area contributed by atoms with Gasteiger partial charge in [-0.3, -0.25) is 9.59 Å². The second-order valence-corrected chi connectivity index (χ2v) is 15.4. The molecular formula is C32H50O7. The minimum atomic E-state index is -1.33. The van der Waals surface area contributed by atoms with Crippen molar-refractivity contribution in [2.24, 2.45) is 45.3 Å². The van der Waals surface area contributed by atoms with E-state index < -0.39 is 29.5 Å². The van der Waals surface area contributed by atoms with Crippen molar-refractivity contribution in [3.8, 4) is 0 Å². The Kier molecular flexibility index (Phi) is 6.82. The van der Waals surface area contributed by atoms with Gasteiger partial charge >= 0.3 is 5.97 Å². The molecule has 5 rings (SSSR count). The normalized spacial score (nSPS) is 48.0. The molecule has 3 saturated carbocycles. The van der Waals surface area contributed by atoms with E-state index in [0.717, 1.165) is 25.7 Å². The summed E-state index contributed by atoms with van der Waals surface area (Å²) in [5.41, 5.74) is -1.07. The molecule has 220 valence electrons. The van der Waals surface area contributed by atoms with Crippen LogP contribution in [-0.2, 0) is 19.1 Å². The average Bonchev–Trinajstić information content (AvgIpc) is 3.36. The van der Waals surface area contributed by atoms with Gasteiger partial charge in [0.15, 0.2) is 6.29 Å². The van der Waals surface area contributed by atoms with Gasteiger partial charge in [-0.2, -0.15) is 0 Å². The van der Waals surface area contributed by atoms with Gasteiger partial charge in [0, 0.05) is 30.1 Å². The molecule has 4 fully saturated rings. The molecule has 5 aliphatic rings. The maximum Gasteiger partial charge on any atom is 0.302 e. The molecule has 3 N–H and O–H groups in total. The number of allylic oxidation sites excluding steroid dienone is 1. The molecule has 0 aromatic carbocycles. The van der Waals surface area contributed by atoms with Gasteiger partial charge < -0.3 is 24.8 Å². The van der Waals surface area contributed by atoms with Gasteiger partial charge in [-0.05, 0) is 81.0 Å². The van der Waals surface area contributed by atoms with Crippen LogP contribution in [0.15, 0.2) is 11.6 Å². The summed E-state index contributed by atoms with van der Waals surface area (Å²) < 4.78 is 12.0. The standard InChI is InChI=1S/C32H50O7/c1-17(33)38-25-16-23-28(2,3)24(34)12-14-31(23,7)22-11-13-30(6)19(9-10-21(30)32(22,25)8)18-15-20(39-27(18)36)26(35)29(4,5)37/h10,18-20,22-23,25-27,35-37H,9,11-16H2,1-8H3/t18-,19-,20+,22+,23-,25+,26-,27-,30-,31+,32-/m0/s1. The predicted molar refractivity (Wildman–Crippen MR) is 146 cm³/mol. The third-order valence-electron chi connectivity index (χ3n) is 12.5. The molecule has 0 aromatic heterocycles. The zero-order valence-electron chi connectivity index (χ0n) is 25.1. The van der Waals surface area contributed by atoms with E-state index in [1.54, 1.807) is 13.8 Å². The number of Topliss-reactive ketones (excluding diaryl/α,β-unsaturated/α-hetero) is 1. The number of rotatable bonds is 4. The minimum absolute atomic E-state index is 0.0407. The molecule has 7 nitrogen and oxygen atoms in total. The van der Waals surface area contributed by atoms with E-state index in [2.05, 4.69) is 40.7 Å². The summed E-state index contributed by atoms with van der Waals surface area (Å²) >= 11 is 0. The van der Waals surface area contributed by atoms with Gasteiger partial charge in [0.05, 0.1) is 11.7 Å². The van der Waals surface area contributed by atoms with Crippen LogP contribution in [0, 0.1) is 45.3 Å². The van der Waals surface area contributed by atoms with Crippen LogP contribution < -0.4 is 0 Å². The molecule has 39 heavy (non-hydrogen) atoms. The lowest BCUT2D eigenvalue weighted by Gasteiger charge is -2.67. The van der Waals surface area contributed by atoms with Crippen LogP contribution in [0.25, 0.3) is 0 Å². The Balaban J connectivity index is 1.50. The Morgan fingerprint density at radius 2 is 1.79 bits per heavy atom. The molecule has 1 heterocycles. The van der Waals surface area contributed by atoms with Crippen molar-refractivity contribution in [2.75, 3.05) is 0 Å². The number of ketones is 1. The predicted octanol–water partition coefficient (Wildman–Crippen LogP) is 4.56. The van der Waals surface area contributed by atoms with Crippen molar-refractivity contribution >= 4 is 11.8 Å². The van der Waals surface area contributed by atoms with Crippen molar-refractivity contribution in [2.45, 2.75) is 131 Å². The molecule has 11 atom stereocenters. The van der Waals surface area contributed by atoms with Crippen LogP contribution in [0.3, 0.4) is 0 Å². The minimum Gasteiger partial charge on any atom is -0.462 e. The van der Waals surface area contributed by atoms with Crippen molar-refractivity contribution in [1.29, 1.82) is 0 Å². The summed E-state index contributed by atoms with van der Waals surface area (Å²) in [6.45, 7) is 15.8. The summed E-state index contributed by atoms with van der Waals surface area (Å²) in [4.78, 5) is 25.5. The highest BCUT2D eigenvalue weighted by Crippen LogP contribution is 2.73. The molecule has 0 unspecified atom stereocenters. The van der Waals surface area contributed by atoms with Crippen molar-refractivity contribution in [3.05, 3.63) is 11.6 Å². The highest BCUT2D eigenvalue weighted by Gasteiger charge is 2.69. The number of hydrogen-bond donors (Lipinski definition) is 3. The Bertz CT molecular complexity index is 1060. The Hall–Kier alpha value is -1.28. The fourth-order valence-electron chi connectivity index (χ4n) is 10.5. The Labute approximate surface area is 233 Å². The number of esters is 1. The number of carbonyl (C=O) groups is 2. The topological polar surface area (TPSA) is 113 Å². The van der Waals surface area contributed by atoms with Gasteiger partial charge in [0.25, 0.3) is 0 Å². The summed E-state index contributed by atoms with van der Waals surface area (Å²) in [5, 5.41) is 32.1. The van der Waals surface area contributed by atoms with Gasteiger partial charge in [-0.25, -0.2) is 0 Å². The second-order valence-electron chi connectivity index (χ2n) is 15.4.